The maximum Gasteiger partial charge on any atom is 0.165 e. The van der Waals surface area contributed by atoms with Gasteiger partial charge in [0.1, 0.15) is 0 Å². The van der Waals surface area contributed by atoms with E-state index in [1.807, 2.05) is 18.3 Å². The first kappa shape index (κ1) is 14.8. The standard InChI is InChI=1S/C15H15FN2O.ClH/c1-19-15-6-9(2-4-12(15)16)14-5-3-10(8-18-14)11-7-13(11)17;/h2-6,8,11,13H,7,17H2,1H3;1H/t11-,13+;/m0./s1. The number of ether oxygens (including phenoxy) is 1. The van der Waals surface area contributed by atoms with Crippen molar-refractivity contribution in [3.05, 3.63) is 47.9 Å². The number of benzene rings is 1. The number of nitrogens with zero attached hydrogens (tertiary/aromatic N) is 1. The van der Waals surface area contributed by atoms with Crippen LogP contribution in [0.2, 0.25) is 0 Å². The topological polar surface area (TPSA) is 48.1 Å². The zero-order chi connectivity index (χ0) is 13.4. The van der Waals surface area contributed by atoms with Crippen LogP contribution in [-0.4, -0.2) is 18.1 Å². The zero-order valence-corrected chi connectivity index (χ0v) is 11.9. The first-order valence-electron chi connectivity index (χ1n) is 6.24. The van der Waals surface area contributed by atoms with Gasteiger partial charge in [-0.05, 0) is 36.2 Å². The Morgan fingerprint density at radius 1 is 1.30 bits per heavy atom. The minimum Gasteiger partial charge on any atom is -0.494 e. The molecule has 1 aromatic heterocycles. The van der Waals surface area contributed by atoms with E-state index in [0.717, 1.165) is 17.7 Å². The summed E-state index contributed by atoms with van der Waals surface area (Å²) in [4.78, 5) is 4.42. The highest BCUT2D eigenvalue weighted by atomic mass is 35.5. The Kier molecular flexibility index (Phi) is 4.26. The Balaban J connectivity index is 0.00000147. The second kappa shape index (κ2) is 5.77. The summed E-state index contributed by atoms with van der Waals surface area (Å²) in [5, 5.41) is 0. The third-order valence-electron chi connectivity index (χ3n) is 3.50. The van der Waals surface area contributed by atoms with Crippen molar-refractivity contribution < 1.29 is 9.13 Å². The Morgan fingerprint density at radius 2 is 2.05 bits per heavy atom. The summed E-state index contributed by atoms with van der Waals surface area (Å²) in [5.41, 5.74) is 8.63. The molecule has 1 heterocycles. The van der Waals surface area contributed by atoms with E-state index in [-0.39, 0.29) is 30.0 Å². The smallest absolute Gasteiger partial charge is 0.165 e. The lowest BCUT2D eigenvalue weighted by Gasteiger charge is -2.06. The Bertz CT molecular complexity index is 603. The molecule has 0 radical (unpaired) electrons. The van der Waals surface area contributed by atoms with Crippen molar-refractivity contribution in [2.75, 3.05) is 7.11 Å². The number of hydrogen-bond donors (Lipinski definition) is 1. The van der Waals surface area contributed by atoms with E-state index in [9.17, 15) is 4.39 Å². The first-order valence-corrected chi connectivity index (χ1v) is 6.24. The van der Waals surface area contributed by atoms with Gasteiger partial charge in [-0.3, -0.25) is 4.98 Å². The first-order chi connectivity index (χ1) is 9.19. The van der Waals surface area contributed by atoms with Crippen LogP contribution in [0.5, 0.6) is 5.75 Å². The van der Waals surface area contributed by atoms with E-state index in [0.29, 0.717) is 5.92 Å². The van der Waals surface area contributed by atoms with E-state index < -0.39 is 0 Å². The van der Waals surface area contributed by atoms with Crippen LogP contribution < -0.4 is 10.5 Å². The van der Waals surface area contributed by atoms with Crippen molar-refractivity contribution in [2.45, 2.75) is 18.4 Å². The Labute approximate surface area is 123 Å². The van der Waals surface area contributed by atoms with Crippen LogP contribution in [0.25, 0.3) is 11.3 Å². The largest absolute Gasteiger partial charge is 0.494 e. The molecule has 106 valence electrons. The fourth-order valence-electron chi connectivity index (χ4n) is 2.21. The molecule has 1 saturated carbocycles. The fourth-order valence-corrected chi connectivity index (χ4v) is 2.21. The molecular weight excluding hydrogens is 279 g/mol. The summed E-state index contributed by atoms with van der Waals surface area (Å²) >= 11 is 0. The third-order valence-corrected chi connectivity index (χ3v) is 3.50. The maximum absolute atomic E-state index is 13.3. The predicted molar refractivity (Wildman–Crippen MR) is 78.8 cm³/mol. The average molecular weight is 295 g/mol. The minimum atomic E-state index is -0.369. The van der Waals surface area contributed by atoms with Gasteiger partial charge in [-0.1, -0.05) is 6.07 Å². The molecule has 1 aliphatic carbocycles. The second-order valence-corrected chi connectivity index (χ2v) is 4.83. The average Bonchev–Trinajstić information content (AvgIpc) is 3.17. The molecular formula is C15H16ClFN2O. The summed E-state index contributed by atoms with van der Waals surface area (Å²) < 4.78 is 18.3. The summed E-state index contributed by atoms with van der Waals surface area (Å²) in [6.45, 7) is 0. The lowest BCUT2D eigenvalue weighted by Crippen LogP contribution is -2.01. The monoisotopic (exact) mass is 294 g/mol. The van der Waals surface area contributed by atoms with E-state index >= 15 is 0 Å². The molecule has 20 heavy (non-hydrogen) atoms. The van der Waals surface area contributed by atoms with Gasteiger partial charge in [0.15, 0.2) is 11.6 Å². The van der Waals surface area contributed by atoms with E-state index in [2.05, 4.69) is 4.98 Å². The molecule has 3 rings (SSSR count). The quantitative estimate of drug-likeness (QED) is 0.946. The molecule has 0 saturated heterocycles. The van der Waals surface area contributed by atoms with Crippen LogP contribution in [-0.2, 0) is 0 Å². The van der Waals surface area contributed by atoms with E-state index in [4.69, 9.17) is 10.5 Å². The highest BCUT2D eigenvalue weighted by molar-refractivity contribution is 5.85. The van der Waals surface area contributed by atoms with E-state index in [1.165, 1.54) is 18.7 Å². The van der Waals surface area contributed by atoms with Gasteiger partial charge in [0.05, 0.1) is 12.8 Å². The number of halogens is 2. The fraction of sp³-hybridized carbons (Fsp3) is 0.267. The summed E-state index contributed by atoms with van der Waals surface area (Å²) in [6, 6.07) is 8.99. The van der Waals surface area contributed by atoms with Crippen LogP contribution in [0.15, 0.2) is 36.5 Å². The summed E-state index contributed by atoms with van der Waals surface area (Å²) in [7, 11) is 1.45. The number of pyridine rings is 1. The number of rotatable bonds is 3. The SMILES string of the molecule is COc1cc(-c2ccc([C@@H]3C[C@H]3N)cn2)ccc1F.Cl. The number of methoxy groups -OCH3 is 1. The Morgan fingerprint density at radius 3 is 2.60 bits per heavy atom. The molecule has 1 aliphatic rings. The molecule has 0 aliphatic heterocycles. The molecule has 0 unspecified atom stereocenters. The van der Waals surface area contributed by atoms with Gasteiger partial charge in [0.25, 0.3) is 0 Å². The van der Waals surface area contributed by atoms with Gasteiger partial charge in [-0.2, -0.15) is 0 Å². The molecule has 0 amide bonds. The lowest BCUT2D eigenvalue weighted by molar-refractivity contribution is 0.387. The minimum absolute atomic E-state index is 0. The predicted octanol–water partition coefficient (Wildman–Crippen LogP) is 3.13. The van der Waals surface area contributed by atoms with Crippen molar-refractivity contribution in [2.24, 2.45) is 5.73 Å². The summed E-state index contributed by atoms with van der Waals surface area (Å²) in [5.74, 6) is 0.309. The van der Waals surface area contributed by atoms with Gasteiger partial charge in [-0.15, -0.1) is 12.4 Å². The summed E-state index contributed by atoms with van der Waals surface area (Å²) in [6.07, 6.45) is 2.88. The molecule has 2 atom stereocenters. The number of nitrogens with two attached hydrogens (primary N) is 1. The normalized spacial score (nSPS) is 20.1. The second-order valence-electron chi connectivity index (χ2n) is 4.83. The van der Waals surface area contributed by atoms with Gasteiger partial charge in [0.2, 0.25) is 0 Å². The molecule has 1 fully saturated rings. The number of aromatic nitrogens is 1. The van der Waals surface area contributed by atoms with Crippen molar-refractivity contribution in [1.29, 1.82) is 0 Å². The van der Waals surface area contributed by atoms with Crippen molar-refractivity contribution in [3.63, 3.8) is 0 Å². The third kappa shape index (κ3) is 2.76. The van der Waals surface area contributed by atoms with Crippen molar-refractivity contribution in [1.82, 2.24) is 4.98 Å². The van der Waals surface area contributed by atoms with Crippen LogP contribution in [0.3, 0.4) is 0 Å². The van der Waals surface area contributed by atoms with Crippen molar-refractivity contribution in [3.8, 4) is 17.0 Å². The molecule has 3 nitrogen and oxygen atoms in total. The van der Waals surface area contributed by atoms with Gasteiger partial charge in [-0.25, -0.2) is 4.39 Å². The molecule has 5 heteroatoms. The van der Waals surface area contributed by atoms with Crippen LogP contribution in [0.4, 0.5) is 4.39 Å². The van der Waals surface area contributed by atoms with Crippen LogP contribution in [0, 0.1) is 5.82 Å². The highest BCUT2D eigenvalue weighted by Crippen LogP contribution is 2.39. The zero-order valence-electron chi connectivity index (χ0n) is 11.0. The van der Waals surface area contributed by atoms with Gasteiger partial charge < -0.3 is 10.5 Å². The van der Waals surface area contributed by atoms with Crippen molar-refractivity contribution >= 4 is 12.4 Å². The van der Waals surface area contributed by atoms with Gasteiger partial charge in [0, 0.05) is 23.7 Å². The maximum atomic E-state index is 13.3. The van der Waals surface area contributed by atoms with Gasteiger partial charge >= 0.3 is 0 Å². The Hall–Kier alpha value is -1.65. The van der Waals surface area contributed by atoms with Crippen LogP contribution in [0.1, 0.15) is 17.9 Å². The van der Waals surface area contributed by atoms with Crippen LogP contribution >= 0.6 is 12.4 Å². The highest BCUT2D eigenvalue weighted by Gasteiger charge is 2.34. The molecule has 2 aromatic rings. The molecule has 2 N–H and O–H groups in total. The van der Waals surface area contributed by atoms with E-state index in [1.54, 1.807) is 12.1 Å². The molecule has 0 spiro atoms. The number of hydrogen-bond acceptors (Lipinski definition) is 3. The lowest BCUT2D eigenvalue weighted by atomic mass is 10.1. The molecule has 0 bridgehead atoms. The molecule has 1 aromatic carbocycles.